The maximum absolute atomic E-state index is 12.8. The number of carbonyl (C=O) groups is 2. The van der Waals surface area contributed by atoms with Gasteiger partial charge >= 0.3 is 5.97 Å². The first-order valence-corrected chi connectivity index (χ1v) is 10.6. The van der Waals surface area contributed by atoms with Crippen molar-refractivity contribution in [3.05, 3.63) is 11.6 Å². The average Bonchev–Trinajstić information content (AvgIpc) is 3.12. The van der Waals surface area contributed by atoms with Crippen LogP contribution in [0.3, 0.4) is 0 Å². The zero-order valence-corrected chi connectivity index (χ0v) is 16.9. The van der Waals surface area contributed by atoms with E-state index < -0.39 is 12.1 Å². The number of aliphatic hydroxyl groups excluding tert-OH is 1. The summed E-state index contributed by atoms with van der Waals surface area (Å²) in [6.45, 7) is 4.60. The number of Topliss-reactive ketones (excluding diaryl/α,β-unsaturated/α-hetero) is 1. The molecular weight excluding hydrogens is 344 g/mol. The van der Waals surface area contributed by atoms with Gasteiger partial charge in [0, 0.05) is 12.3 Å². The number of aliphatic carboxylic acids is 1. The van der Waals surface area contributed by atoms with Crippen LogP contribution < -0.4 is 0 Å². The van der Waals surface area contributed by atoms with E-state index in [9.17, 15) is 14.7 Å². The van der Waals surface area contributed by atoms with Gasteiger partial charge in [0.1, 0.15) is 12.4 Å². The van der Waals surface area contributed by atoms with Crippen LogP contribution in [-0.2, 0) is 14.3 Å². The van der Waals surface area contributed by atoms with Crippen LogP contribution in [0.15, 0.2) is 11.6 Å². The van der Waals surface area contributed by atoms with E-state index in [1.165, 1.54) is 24.8 Å². The minimum atomic E-state index is -0.954. The van der Waals surface area contributed by atoms with E-state index in [2.05, 4.69) is 19.9 Å². The minimum Gasteiger partial charge on any atom is -0.480 e. The van der Waals surface area contributed by atoms with E-state index in [1.54, 1.807) is 0 Å². The zero-order valence-electron chi connectivity index (χ0n) is 16.9. The van der Waals surface area contributed by atoms with Gasteiger partial charge in [0.05, 0.1) is 12.7 Å². The molecule has 2 aliphatic carbocycles. The van der Waals surface area contributed by atoms with E-state index in [4.69, 9.17) is 9.84 Å². The number of aliphatic hydroxyl groups is 1. The molecule has 154 valence electrons. The van der Waals surface area contributed by atoms with Gasteiger partial charge in [0.15, 0.2) is 0 Å². The predicted molar refractivity (Wildman–Crippen MR) is 104 cm³/mol. The Balaban J connectivity index is 1.75. The summed E-state index contributed by atoms with van der Waals surface area (Å²) in [4.78, 5) is 23.2. The molecule has 2 aliphatic rings. The van der Waals surface area contributed by atoms with Gasteiger partial charge in [-0.05, 0) is 43.4 Å². The van der Waals surface area contributed by atoms with Gasteiger partial charge in [-0.2, -0.15) is 0 Å². The van der Waals surface area contributed by atoms with Crippen LogP contribution in [0.5, 0.6) is 0 Å². The summed E-state index contributed by atoms with van der Waals surface area (Å²) in [6.07, 6.45) is 10.2. The molecule has 5 nitrogen and oxygen atoms in total. The summed E-state index contributed by atoms with van der Waals surface area (Å²) in [6, 6.07) is 0. The number of carbonyl (C=O) groups excluding carboxylic acids is 1. The smallest absolute Gasteiger partial charge is 0.329 e. The maximum atomic E-state index is 12.8. The number of hydrogen-bond donors (Lipinski definition) is 2. The van der Waals surface area contributed by atoms with Gasteiger partial charge in [-0.25, -0.2) is 4.79 Å². The Kier molecular flexibility index (Phi) is 8.97. The number of hydrogen-bond acceptors (Lipinski definition) is 4. The first-order valence-electron chi connectivity index (χ1n) is 10.6. The molecule has 0 amide bonds. The van der Waals surface area contributed by atoms with Crippen molar-refractivity contribution in [3.8, 4) is 0 Å². The van der Waals surface area contributed by atoms with Crippen molar-refractivity contribution in [2.45, 2.75) is 77.7 Å². The molecule has 0 aliphatic heterocycles. The Bertz CT molecular complexity index is 527. The second-order valence-corrected chi connectivity index (χ2v) is 8.49. The molecule has 5 heteroatoms. The van der Waals surface area contributed by atoms with Gasteiger partial charge in [-0.1, -0.05) is 51.2 Å². The number of unbranched alkanes of at least 4 members (excludes halogenated alkanes) is 1. The fraction of sp³-hybridized carbons (Fsp3) is 0.818. The van der Waals surface area contributed by atoms with Crippen molar-refractivity contribution in [2.75, 3.05) is 13.2 Å². The van der Waals surface area contributed by atoms with Crippen molar-refractivity contribution in [2.24, 2.45) is 23.7 Å². The lowest BCUT2D eigenvalue weighted by molar-refractivity contribution is -0.142. The Hall–Kier alpha value is -1.20. The molecule has 0 spiro atoms. The summed E-state index contributed by atoms with van der Waals surface area (Å²) in [7, 11) is 0. The molecule has 5 atom stereocenters. The highest BCUT2D eigenvalue weighted by Crippen LogP contribution is 2.48. The molecule has 27 heavy (non-hydrogen) atoms. The lowest BCUT2D eigenvalue weighted by atomic mass is 9.84. The lowest BCUT2D eigenvalue weighted by Gasteiger charge is -2.21. The molecule has 0 bridgehead atoms. The van der Waals surface area contributed by atoms with Crippen molar-refractivity contribution in [1.29, 1.82) is 0 Å². The molecule has 0 radical (unpaired) electrons. The summed E-state index contributed by atoms with van der Waals surface area (Å²) in [5.74, 6) is 0.227. The summed E-state index contributed by atoms with van der Waals surface area (Å²) >= 11 is 0. The number of ketones is 1. The predicted octanol–water partition coefficient (Wildman–Crippen LogP) is 3.99. The Morgan fingerprint density at radius 2 is 2.04 bits per heavy atom. The van der Waals surface area contributed by atoms with E-state index in [1.807, 2.05) is 0 Å². The highest BCUT2D eigenvalue weighted by Gasteiger charge is 2.47. The Labute approximate surface area is 163 Å². The first-order chi connectivity index (χ1) is 12.9. The standard InChI is InChI=1S/C22H36O5/c1-3-4-6-15(2)7-5-8-19(23)22-18-12-16(9-10-27-14-21(25)26)11-17(18)13-20(22)24/h11,15,17-18,20,22,24H,3-10,12-14H2,1-2H3,(H,25,26)/t15?,17-,18-,20+,22-/m1/s1. The molecule has 0 saturated heterocycles. The topological polar surface area (TPSA) is 83.8 Å². The number of allylic oxidation sites excluding steroid dienone is 1. The summed E-state index contributed by atoms with van der Waals surface area (Å²) < 4.78 is 5.12. The van der Waals surface area contributed by atoms with Crippen LogP contribution in [-0.4, -0.2) is 41.3 Å². The third-order valence-electron chi connectivity index (χ3n) is 6.22. The molecule has 2 N–H and O–H groups in total. The number of ether oxygens (including phenoxy) is 1. The van der Waals surface area contributed by atoms with Gasteiger partial charge in [0.25, 0.3) is 0 Å². The van der Waals surface area contributed by atoms with Crippen molar-refractivity contribution in [1.82, 2.24) is 0 Å². The Morgan fingerprint density at radius 1 is 1.30 bits per heavy atom. The van der Waals surface area contributed by atoms with Gasteiger partial charge in [-0.3, -0.25) is 4.79 Å². The van der Waals surface area contributed by atoms with Gasteiger partial charge in [-0.15, -0.1) is 0 Å². The molecule has 1 unspecified atom stereocenters. The van der Waals surface area contributed by atoms with E-state index in [-0.39, 0.29) is 30.1 Å². The quantitative estimate of drug-likeness (QED) is 0.373. The molecule has 0 aromatic carbocycles. The number of rotatable bonds is 13. The number of fused-ring (bicyclic) bond motifs is 1. The fourth-order valence-corrected chi connectivity index (χ4v) is 4.79. The number of carboxylic acids is 1. The second-order valence-electron chi connectivity index (χ2n) is 8.49. The van der Waals surface area contributed by atoms with Crippen molar-refractivity contribution >= 4 is 11.8 Å². The first kappa shape index (κ1) is 22.1. The van der Waals surface area contributed by atoms with Crippen LogP contribution in [0.25, 0.3) is 0 Å². The minimum absolute atomic E-state index is 0.222. The third-order valence-corrected chi connectivity index (χ3v) is 6.22. The molecular formula is C22H36O5. The van der Waals surface area contributed by atoms with Crippen LogP contribution in [0.2, 0.25) is 0 Å². The molecule has 2 rings (SSSR count). The summed E-state index contributed by atoms with van der Waals surface area (Å²) in [5.41, 5.74) is 1.24. The molecule has 1 saturated carbocycles. The Morgan fingerprint density at radius 3 is 2.74 bits per heavy atom. The van der Waals surface area contributed by atoms with Crippen LogP contribution in [0, 0.1) is 23.7 Å². The van der Waals surface area contributed by atoms with Crippen molar-refractivity contribution < 1.29 is 24.5 Å². The van der Waals surface area contributed by atoms with Gasteiger partial charge < -0.3 is 14.9 Å². The van der Waals surface area contributed by atoms with Gasteiger partial charge in [0.2, 0.25) is 0 Å². The summed E-state index contributed by atoms with van der Waals surface area (Å²) in [5, 5.41) is 19.0. The zero-order chi connectivity index (χ0) is 19.8. The monoisotopic (exact) mass is 380 g/mol. The molecule has 0 heterocycles. The molecule has 1 fully saturated rings. The molecule has 0 aromatic rings. The highest BCUT2D eigenvalue weighted by atomic mass is 16.5. The van der Waals surface area contributed by atoms with E-state index in [0.29, 0.717) is 31.8 Å². The second kappa shape index (κ2) is 11.0. The van der Waals surface area contributed by atoms with E-state index in [0.717, 1.165) is 19.3 Å². The SMILES string of the molecule is CCCCC(C)CCCC(=O)[C@H]1[C@@H]2CC(CCOCC(=O)O)=C[C@@H]2C[C@@H]1O. The highest BCUT2D eigenvalue weighted by molar-refractivity contribution is 5.82. The van der Waals surface area contributed by atoms with Crippen molar-refractivity contribution in [3.63, 3.8) is 0 Å². The molecule has 0 aromatic heterocycles. The number of carboxylic acid groups (broad SMARTS) is 1. The lowest BCUT2D eigenvalue weighted by Crippen LogP contribution is -2.28. The van der Waals surface area contributed by atoms with Crippen LogP contribution >= 0.6 is 0 Å². The fourth-order valence-electron chi connectivity index (χ4n) is 4.79. The average molecular weight is 381 g/mol. The third kappa shape index (κ3) is 6.72. The van der Waals surface area contributed by atoms with Crippen LogP contribution in [0.4, 0.5) is 0 Å². The van der Waals surface area contributed by atoms with E-state index >= 15 is 0 Å². The maximum Gasteiger partial charge on any atom is 0.329 e. The van der Waals surface area contributed by atoms with Crippen LogP contribution in [0.1, 0.15) is 71.6 Å². The largest absolute Gasteiger partial charge is 0.480 e. The normalized spacial score (nSPS) is 28.0.